The molecule has 2 aromatic carbocycles. The van der Waals surface area contributed by atoms with Crippen LogP contribution in [0.3, 0.4) is 0 Å². The molecule has 0 aliphatic carbocycles. The van der Waals surface area contributed by atoms with E-state index in [9.17, 15) is 18.0 Å². The van der Waals surface area contributed by atoms with E-state index in [0.717, 1.165) is 17.7 Å². The van der Waals surface area contributed by atoms with Crippen LogP contribution in [0.2, 0.25) is 0 Å². The van der Waals surface area contributed by atoms with E-state index in [-0.39, 0.29) is 23.7 Å². The molecule has 1 aliphatic heterocycles. The Morgan fingerprint density at radius 2 is 1.79 bits per heavy atom. The quantitative estimate of drug-likeness (QED) is 0.466. The molecule has 1 saturated heterocycles. The van der Waals surface area contributed by atoms with Gasteiger partial charge in [0.1, 0.15) is 23.6 Å². The summed E-state index contributed by atoms with van der Waals surface area (Å²) < 4.78 is 52.6. The van der Waals surface area contributed by atoms with Gasteiger partial charge in [0.2, 0.25) is 0 Å². The van der Waals surface area contributed by atoms with Gasteiger partial charge in [0.15, 0.2) is 11.6 Å². The highest BCUT2D eigenvalue weighted by Crippen LogP contribution is 2.26. The van der Waals surface area contributed by atoms with E-state index < -0.39 is 23.0 Å². The summed E-state index contributed by atoms with van der Waals surface area (Å²) in [5.74, 6) is -1.57. The van der Waals surface area contributed by atoms with Gasteiger partial charge in [0.05, 0.1) is 29.8 Å². The fraction of sp³-hybridized carbons (Fsp3) is 0.240. The standard InChI is InChI=1S/C25H20F3N3O3/c26-16-8-15(9-17(27)10-16)21-2-1-14(13-29-21)7-24-30-22-12-23(34-18-3-5-33-6-4-18)20(28)11-19(22)25(32)31-24/h1-2,8-13,18H,3-7H2,(H,30,31,32). The van der Waals surface area contributed by atoms with Crippen LogP contribution in [0.25, 0.3) is 22.2 Å². The van der Waals surface area contributed by atoms with E-state index in [4.69, 9.17) is 9.47 Å². The lowest BCUT2D eigenvalue weighted by Crippen LogP contribution is -2.26. The minimum Gasteiger partial charge on any atom is -0.487 e. The van der Waals surface area contributed by atoms with Gasteiger partial charge < -0.3 is 14.5 Å². The van der Waals surface area contributed by atoms with Crippen molar-refractivity contribution in [3.63, 3.8) is 0 Å². The first-order valence-electron chi connectivity index (χ1n) is 10.8. The number of halogens is 3. The molecule has 5 rings (SSSR count). The summed E-state index contributed by atoms with van der Waals surface area (Å²) >= 11 is 0. The zero-order valence-corrected chi connectivity index (χ0v) is 18.0. The molecule has 3 heterocycles. The maximum atomic E-state index is 14.5. The Bertz CT molecular complexity index is 1380. The zero-order chi connectivity index (χ0) is 23.7. The lowest BCUT2D eigenvalue weighted by Gasteiger charge is -2.23. The molecular weight excluding hydrogens is 447 g/mol. The smallest absolute Gasteiger partial charge is 0.258 e. The molecule has 1 fully saturated rings. The molecule has 9 heteroatoms. The normalized spacial score (nSPS) is 14.4. The molecule has 0 saturated carbocycles. The number of nitrogens with one attached hydrogen (secondary N) is 1. The number of hydrogen-bond donors (Lipinski definition) is 1. The predicted molar refractivity (Wildman–Crippen MR) is 119 cm³/mol. The zero-order valence-electron chi connectivity index (χ0n) is 18.0. The van der Waals surface area contributed by atoms with Crippen molar-refractivity contribution >= 4 is 10.9 Å². The van der Waals surface area contributed by atoms with Gasteiger partial charge in [0, 0.05) is 43.2 Å². The molecule has 0 spiro atoms. The summed E-state index contributed by atoms with van der Waals surface area (Å²) in [6, 6.07) is 9.15. The molecule has 6 nitrogen and oxygen atoms in total. The Kier molecular flexibility index (Phi) is 6.02. The SMILES string of the molecule is O=c1[nH]c(Cc2ccc(-c3cc(F)cc(F)c3)nc2)nc2cc(OC3CCOCC3)c(F)cc12. The number of fused-ring (bicyclic) bond motifs is 1. The number of aromatic nitrogens is 3. The molecule has 1 aliphatic rings. The van der Waals surface area contributed by atoms with Gasteiger partial charge in [-0.05, 0) is 29.8 Å². The van der Waals surface area contributed by atoms with Crippen LogP contribution in [-0.2, 0) is 11.2 Å². The second kappa shape index (κ2) is 9.26. The van der Waals surface area contributed by atoms with Crippen LogP contribution in [-0.4, -0.2) is 34.3 Å². The Labute approximate surface area is 192 Å². The van der Waals surface area contributed by atoms with Crippen molar-refractivity contribution in [1.29, 1.82) is 0 Å². The van der Waals surface area contributed by atoms with Crippen LogP contribution >= 0.6 is 0 Å². The summed E-state index contributed by atoms with van der Waals surface area (Å²) in [5.41, 5.74) is 1.31. The predicted octanol–water partition coefficient (Wildman–Crippen LogP) is 4.55. The number of nitrogens with zero attached hydrogens (tertiary/aromatic N) is 2. The Balaban J connectivity index is 1.40. The Morgan fingerprint density at radius 1 is 1.03 bits per heavy atom. The monoisotopic (exact) mass is 467 g/mol. The largest absolute Gasteiger partial charge is 0.487 e. The highest BCUT2D eigenvalue weighted by atomic mass is 19.1. The van der Waals surface area contributed by atoms with Crippen molar-refractivity contribution in [2.75, 3.05) is 13.2 Å². The van der Waals surface area contributed by atoms with Gasteiger partial charge in [-0.1, -0.05) is 6.07 Å². The van der Waals surface area contributed by atoms with Crippen LogP contribution in [0.15, 0.2) is 53.5 Å². The van der Waals surface area contributed by atoms with Gasteiger partial charge in [-0.3, -0.25) is 9.78 Å². The molecule has 0 radical (unpaired) electrons. The summed E-state index contributed by atoms with van der Waals surface area (Å²) in [4.78, 5) is 24.0. The lowest BCUT2D eigenvalue weighted by atomic mass is 10.1. The van der Waals surface area contributed by atoms with E-state index >= 15 is 0 Å². The van der Waals surface area contributed by atoms with Crippen molar-refractivity contribution < 1.29 is 22.6 Å². The number of H-pyrrole nitrogens is 1. The second-order valence-electron chi connectivity index (χ2n) is 8.13. The maximum Gasteiger partial charge on any atom is 0.258 e. The Morgan fingerprint density at radius 3 is 2.50 bits per heavy atom. The number of ether oxygens (including phenoxy) is 2. The van der Waals surface area contributed by atoms with E-state index in [0.29, 0.717) is 48.7 Å². The minimum absolute atomic E-state index is 0.0526. The first-order valence-corrected chi connectivity index (χ1v) is 10.8. The number of benzene rings is 2. The fourth-order valence-electron chi connectivity index (χ4n) is 3.93. The minimum atomic E-state index is -0.685. The van der Waals surface area contributed by atoms with E-state index in [1.165, 1.54) is 18.2 Å². The first-order chi connectivity index (χ1) is 16.4. The van der Waals surface area contributed by atoms with Gasteiger partial charge >= 0.3 is 0 Å². The summed E-state index contributed by atoms with van der Waals surface area (Å²) in [6.45, 7) is 1.12. The third-order valence-electron chi connectivity index (χ3n) is 5.62. The van der Waals surface area contributed by atoms with Crippen molar-refractivity contribution in [3.8, 4) is 17.0 Å². The molecule has 174 valence electrons. The third-order valence-corrected chi connectivity index (χ3v) is 5.62. The Hall–Kier alpha value is -3.72. The molecule has 34 heavy (non-hydrogen) atoms. The lowest BCUT2D eigenvalue weighted by molar-refractivity contribution is 0.0241. The summed E-state index contributed by atoms with van der Waals surface area (Å²) in [7, 11) is 0. The summed E-state index contributed by atoms with van der Waals surface area (Å²) in [6.07, 6.45) is 2.97. The molecule has 2 aromatic heterocycles. The van der Waals surface area contributed by atoms with Crippen molar-refractivity contribution in [3.05, 3.63) is 87.9 Å². The fourth-order valence-corrected chi connectivity index (χ4v) is 3.93. The second-order valence-corrected chi connectivity index (χ2v) is 8.13. The van der Waals surface area contributed by atoms with Gasteiger partial charge in [-0.25, -0.2) is 18.2 Å². The topological polar surface area (TPSA) is 77.1 Å². The number of hydrogen-bond acceptors (Lipinski definition) is 5. The molecular formula is C25H20F3N3O3. The van der Waals surface area contributed by atoms with Gasteiger partial charge in [-0.2, -0.15) is 0 Å². The highest BCUT2D eigenvalue weighted by Gasteiger charge is 2.19. The molecule has 4 aromatic rings. The number of aromatic amines is 1. The van der Waals surface area contributed by atoms with Crippen LogP contribution in [0.1, 0.15) is 24.2 Å². The van der Waals surface area contributed by atoms with Gasteiger partial charge in [0.25, 0.3) is 5.56 Å². The van der Waals surface area contributed by atoms with E-state index in [2.05, 4.69) is 15.0 Å². The van der Waals surface area contributed by atoms with Crippen LogP contribution in [0, 0.1) is 17.5 Å². The average Bonchev–Trinajstić information content (AvgIpc) is 2.81. The van der Waals surface area contributed by atoms with Crippen molar-refractivity contribution in [2.45, 2.75) is 25.4 Å². The third kappa shape index (κ3) is 4.79. The molecule has 0 atom stereocenters. The molecule has 1 N–H and O–H groups in total. The highest BCUT2D eigenvalue weighted by molar-refractivity contribution is 5.79. The molecule has 0 bridgehead atoms. The maximum absolute atomic E-state index is 14.5. The number of rotatable bonds is 5. The van der Waals surface area contributed by atoms with Crippen LogP contribution < -0.4 is 10.3 Å². The van der Waals surface area contributed by atoms with E-state index in [1.54, 1.807) is 18.3 Å². The first kappa shape index (κ1) is 22.1. The molecule has 0 amide bonds. The van der Waals surface area contributed by atoms with Crippen molar-refractivity contribution in [2.24, 2.45) is 0 Å². The van der Waals surface area contributed by atoms with E-state index in [1.807, 2.05) is 0 Å². The number of pyridine rings is 1. The summed E-state index contributed by atoms with van der Waals surface area (Å²) in [5, 5.41) is 0.127. The average molecular weight is 467 g/mol. The van der Waals surface area contributed by atoms with Gasteiger partial charge in [-0.15, -0.1) is 0 Å². The van der Waals surface area contributed by atoms with Crippen molar-refractivity contribution in [1.82, 2.24) is 15.0 Å². The molecule has 0 unspecified atom stereocenters. The van der Waals surface area contributed by atoms with Crippen LogP contribution in [0.4, 0.5) is 13.2 Å². The van der Waals surface area contributed by atoms with Crippen LogP contribution in [0.5, 0.6) is 5.75 Å².